The summed E-state index contributed by atoms with van der Waals surface area (Å²) in [6, 6.07) is 1.12. The van der Waals surface area contributed by atoms with Crippen molar-refractivity contribution in [3.05, 3.63) is 0 Å². The van der Waals surface area contributed by atoms with Crippen LogP contribution in [0, 0.1) is 5.92 Å². The van der Waals surface area contributed by atoms with Crippen molar-refractivity contribution < 1.29 is 0 Å². The van der Waals surface area contributed by atoms with Crippen molar-refractivity contribution in [3.63, 3.8) is 0 Å². The molecule has 15 heavy (non-hydrogen) atoms. The van der Waals surface area contributed by atoms with Gasteiger partial charge < -0.3 is 21.3 Å². The minimum atomic E-state index is 0.0788. The fraction of sp³-hybridized carbons (Fsp3) is 1.00. The van der Waals surface area contributed by atoms with Gasteiger partial charge in [0.1, 0.15) is 0 Å². The molecule has 1 unspecified atom stereocenters. The van der Waals surface area contributed by atoms with Gasteiger partial charge in [0.2, 0.25) is 0 Å². The van der Waals surface area contributed by atoms with Gasteiger partial charge in [0.15, 0.2) is 0 Å². The summed E-state index contributed by atoms with van der Waals surface area (Å²) in [7, 11) is 8.28. The molecule has 4 atom stereocenters. The number of nitrogens with one attached hydrogen (secondary N) is 2. The van der Waals surface area contributed by atoms with Gasteiger partial charge >= 0.3 is 0 Å². The van der Waals surface area contributed by atoms with Crippen molar-refractivity contribution >= 4 is 0 Å². The van der Waals surface area contributed by atoms with Gasteiger partial charge in [0.25, 0.3) is 0 Å². The summed E-state index contributed by atoms with van der Waals surface area (Å²) in [4.78, 5) is 2.31. The molecular formula is C11H26N4. The van der Waals surface area contributed by atoms with E-state index in [9.17, 15) is 0 Å². The van der Waals surface area contributed by atoms with E-state index < -0.39 is 0 Å². The van der Waals surface area contributed by atoms with Crippen LogP contribution >= 0.6 is 0 Å². The van der Waals surface area contributed by atoms with Gasteiger partial charge in [0, 0.05) is 18.0 Å². The largest absolute Gasteiger partial charge is 0.317 e. The molecule has 0 aromatic rings. The van der Waals surface area contributed by atoms with Gasteiger partial charge in [-0.1, -0.05) is 6.42 Å². The third-order valence-corrected chi connectivity index (χ3v) is 3.71. The smallest absolute Gasteiger partial charge is 0.0603 e. The molecular weight excluding hydrogens is 188 g/mol. The lowest BCUT2D eigenvalue weighted by atomic mass is 9.78. The molecule has 1 rings (SSSR count). The van der Waals surface area contributed by atoms with Crippen molar-refractivity contribution in [2.24, 2.45) is 11.7 Å². The second-order valence-electron chi connectivity index (χ2n) is 4.75. The van der Waals surface area contributed by atoms with Gasteiger partial charge in [-0.05, 0) is 41.0 Å². The number of hydrogen-bond acceptors (Lipinski definition) is 4. The fourth-order valence-electron chi connectivity index (χ4n) is 2.82. The van der Waals surface area contributed by atoms with Crippen molar-refractivity contribution in [2.45, 2.75) is 37.5 Å². The Kier molecular flexibility index (Phi) is 4.99. The average Bonchev–Trinajstić information content (AvgIpc) is 2.26. The molecule has 1 fully saturated rings. The molecule has 0 spiro atoms. The molecule has 0 heterocycles. The maximum Gasteiger partial charge on any atom is 0.0603 e. The minimum Gasteiger partial charge on any atom is -0.317 e. The Morgan fingerprint density at radius 3 is 2.40 bits per heavy atom. The SMILES string of the molecule is CNC(N)[C@H]1[C@@H](NC)CCC[C@H]1N(C)C. The fourth-order valence-corrected chi connectivity index (χ4v) is 2.82. The lowest BCUT2D eigenvalue weighted by molar-refractivity contribution is 0.0969. The molecule has 4 heteroatoms. The van der Waals surface area contributed by atoms with E-state index in [1.807, 2.05) is 14.1 Å². The zero-order valence-corrected chi connectivity index (χ0v) is 10.5. The molecule has 0 aromatic heterocycles. The lowest BCUT2D eigenvalue weighted by Crippen LogP contribution is -2.59. The van der Waals surface area contributed by atoms with Gasteiger partial charge in [0.05, 0.1) is 6.17 Å². The lowest BCUT2D eigenvalue weighted by Gasteiger charge is -2.44. The van der Waals surface area contributed by atoms with E-state index in [0.29, 0.717) is 18.0 Å². The zero-order chi connectivity index (χ0) is 11.4. The van der Waals surface area contributed by atoms with E-state index in [-0.39, 0.29) is 6.17 Å². The Bertz CT molecular complexity index is 183. The maximum atomic E-state index is 6.16. The molecule has 0 aromatic carbocycles. The first kappa shape index (κ1) is 12.9. The molecule has 90 valence electrons. The van der Waals surface area contributed by atoms with E-state index in [1.54, 1.807) is 0 Å². The first-order valence-corrected chi connectivity index (χ1v) is 5.88. The van der Waals surface area contributed by atoms with Crippen LogP contribution in [0.3, 0.4) is 0 Å². The number of hydrogen-bond donors (Lipinski definition) is 3. The van der Waals surface area contributed by atoms with Crippen LogP contribution in [0.25, 0.3) is 0 Å². The molecule has 0 bridgehead atoms. The molecule has 4 N–H and O–H groups in total. The van der Waals surface area contributed by atoms with Crippen LogP contribution in [0.5, 0.6) is 0 Å². The predicted octanol–water partition coefficient (Wildman–Crippen LogP) is -0.191. The van der Waals surface area contributed by atoms with Crippen molar-refractivity contribution in [2.75, 3.05) is 28.2 Å². The third kappa shape index (κ3) is 2.91. The molecule has 1 aliphatic carbocycles. The van der Waals surface area contributed by atoms with E-state index in [1.165, 1.54) is 19.3 Å². The number of nitrogens with two attached hydrogens (primary N) is 1. The molecule has 1 saturated carbocycles. The Labute approximate surface area is 93.6 Å². The highest BCUT2D eigenvalue weighted by atomic mass is 15.1. The summed E-state index contributed by atoms with van der Waals surface area (Å²) >= 11 is 0. The van der Waals surface area contributed by atoms with E-state index in [2.05, 4.69) is 29.6 Å². The Hall–Kier alpha value is -0.160. The van der Waals surface area contributed by atoms with Gasteiger partial charge in [-0.3, -0.25) is 0 Å². The summed E-state index contributed by atoms with van der Waals surface area (Å²) in [5.74, 6) is 0.490. The highest BCUT2D eigenvalue weighted by molar-refractivity contribution is 4.94. The number of rotatable bonds is 4. The first-order chi connectivity index (χ1) is 7.11. The van der Waals surface area contributed by atoms with Crippen LogP contribution in [0.15, 0.2) is 0 Å². The Balaban J connectivity index is 2.76. The molecule has 4 nitrogen and oxygen atoms in total. The molecule has 0 aliphatic heterocycles. The van der Waals surface area contributed by atoms with E-state index in [4.69, 9.17) is 5.73 Å². The second kappa shape index (κ2) is 5.80. The highest BCUT2D eigenvalue weighted by Gasteiger charge is 2.36. The summed E-state index contributed by atoms with van der Waals surface area (Å²) in [5, 5.41) is 6.60. The van der Waals surface area contributed by atoms with Crippen LogP contribution in [0.4, 0.5) is 0 Å². The van der Waals surface area contributed by atoms with Crippen molar-refractivity contribution in [1.29, 1.82) is 0 Å². The topological polar surface area (TPSA) is 53.3 Å². The quantitative estimate of drug-likeness (QED) is 0.568. The van der Waals surface area contributed by atoms with Crippen LogP contribution in [-0.2, 0) is 0 Å². The molecule has 0 radical (unpaired) electrons. The maximum absolute atomic E-state index is 6.16. The minimum absolute atomic E-state index is 0.0788. The van der Waals surface area contributed by atoms with Crippen LogP contribution in [-0.4, -0.2) is 51.3 Å². The monoisotopic (exact) mass is 214 g/mol. The zero-order valence-electron chi connectivity index (χ0n) is 10.5. The first-order valence-electron chi connectivity index (χ1n) is 5.88. The summed E-state index contributed by atoms with van der Waals surface area (Å²) in [5.41, 5.74) is 6.16. The Morgan fingerprint density at radius 2 is 1.93 bits per heavy atom. The summed E-state index contributed by atoms with van der Waals surface area (Å²) in [6.07, 6.45) is 3.86. The average molecular weight is 214 g/mol. The molecule has 0 amide bonds. The van der Waals surface area contributed by atoms with Crippen molar-refractivity contribution in [1.82, 2.24) is 15.5 Å². The van der Waals surface area contributed by atoms with Crippen LogP contribution < -0.4 is 16.4 Å². The van der Waals surface area contributed by atoms with E-state index in [0.717, 1.165) is 0 Å². The summed E-state index contributed by atoms with van der Waals surface area (Å²) < 4.78 is 0. The molecule has 1 aliphatic rings. The predicted molar refractivity (Wildman–Crippen MR) is 64.7 cm³/mol. The number of nitrogens with zero attached hydrogens (tertiary/aromatic N) is 1. The molecule has 0 saturated heterocycles. The summed E-state index contributed by atoms with van der Waals surface area (Å²) in [6.45, 7) is 0. The van der Waals surface area contributed by atoms with Gasteiger partial charge in [-0.15, -0.1) is 0 Å². The van der Waals surface area contributed by atoms with Gasteiger partial charge in [-0.2, -0.15) is 0 Å². The highest BCUT2D eigenvalue weighted by Crippen LogP contribution is 2.28. The van der Waals surface area contributed by atoms with Crippen LogP contribution in [0.2, 0.25) is 0 Å². The van der Waals surface area contributed by atoms with E-state index >= 15 is 0 Å². The standard InChI is InChI=1S/C11H26N4/c1-13-8-6-5-7-9(15(3)4)10(8)11(12)14-2/h8-11,13-14H,5-7,12H2,1-4H3/t8-,9+,10-,11?/m0/s1. The van der Waals surface area contributed by atoms with Gasteiger partial charge in [-0.25, -0.2) is 0 Å². The normalized spacial score (nSPS) is 34.4. The van der Waals surface area contributed by atoms with Crippen molar-refractivity contribution in [3.8, 4) is 0 Å². The second-order valence-corrected chi connectivity index (χ2v) is 4.75. The Morgan fingerprint density at radius 1 is 1.27 bits per heavy atom. The third-order valence-electron chi connectivity index (χ3n) is 3.71. The van der Waals surface area contributed by atoms with Crippen LogP contribution in [0.1, 0.15) is 19.3 Å².